The summed E-state index contributed by atoms with van der Waals surface area (Å²) in [6.45, 7) is 10.0. The Bertz CT molecular complexity index is 136. The van der Waals surface area contributed by atoms with Crippen LogP contribution in [0.15, 0.2) is 0 Å². The van der Waals surface area contributed by atoms with E-state index in [-0.39, 0.29) is 0 Å². The summed E-state index contributed by atoms with van der Waals surface area (Å²) in [7, 11) is 0. The molecule has 15 heavy (non-hydrogen) atoms. The first-order valence-electron chi connectivity index (χ1n) is 6.44. The third-order valence-corrected chi connectivity index (χ3v) is 2.79. The van der Waals surface area contributed by atoms with Crippen LogP contribution in [0.3, 0.4) is 0 Å². The minimum atomic E-state index is 0.907. The van der Waals surface area contributed by atoms with Crippen molar-refractivity contribution in [1.82, 2.24) is 10.2 Å². The molecule has 0 aliphatic carbocycles. The van der Waals surface area contributed by atoms with E-state index in [0.29, 0.717) is 0 Å². The van der Waals surface area contributed by atoms with Crippen molar-refractivity contribution < 1.29 is 4.74 Å². The second kappa shape index (κ2) is 9.13. The highest BCUT2D eigenvalue weighted by Crippen LogP contribution is 2.05. The fraction of sp³-hybridized carbons (Fsp3) is 1.00. The zero-order chi connectivity index (χ0) is 10.8. The van der Waals surface area contributed by atoms with Crippen molar-refractivity contribution in [2.24, 2.45) is 0 Å². The number of nitrogens with one attached hydrogen (secondary N) is 1. The molecule has 0 radical (unpaired) electrons. The fourth-order valence-corrected chi connectivity index (χ4v) is 1.91. The van der Waals surface area contributed by atoms with Gasteiger partial charge in [0.1, 0.15) is 0 Å². The summed E-state index contributed by atoms with van der Waals surface area (Å²) in [6, 6.07) is 0. The molecule has 1 saturated heterocycles. The standard InChI is InChI=1S/C12H26N2O/c1-2-11-15-12-5-6-13-7-10-14-8-3-4-9-14/h13H,2-12H2,1H3. The minimum Gasteiger partial charge on any atom is -0.381 e. The highest BCUT2D eigenvalue weighted by Gasteiger charge is 2.09. The smallest absolute Gasteiger partial charge is 0.0478 e. The highest BCUT2D eigenvalue weighted by molar-refractivity contribution is 4.66. The summed E-state index contributed by atoms with van der Waals surface area (Å²) in [6.07, 6.45) is 5.05. The molecule has 1 N–H and O–H groups in total. The summed E-state index contributed by atoms with van der Waals surface area (Å²) in [5.41, 5.74) is 0. The lowest BCUT2D eigenvalue weighted by atomic mass is 10.4. The minimum absolute atomic E-state index is 0.907. The van der Waals surface area contributed by atoms with Gasteiger partial charge in [-0.2, -0.15) is 0 Å². The third-order valence-electron chi connectivity index (χ3n) is 2.79. The largest absolute Gasteiger partial charge is 0.381 e. The van der Waals surface area contributed by atoms with Gasteiger partial charge in [-0.15, -0.1) is 0 Å². The highest BCUT2D eigenvalue weighted by atomic mass is 16.5. The van der Waals surface area contributed by atoms with Crippen LogP contribution < -0.4 is 5.32 Å². The van der Waals surface area contributed by atoms with E-state index in [1.807, 2.05) is 0 Å². The number of rotatable bonds is 9. The van der Waals surface area contributed by atoms with E-state index in [1.165, 1.54) is 32.5 Å². The van der Waals surface area contributed by atoms with E-state index >= 15 is 0 Å². The van der Waals surface area contributed by atoms with Gasteiger partial charge in [0.2, 0.25) is 0 Å². The van der Waals surface area contributed by atoms with Crippen molar-refractivity contribution in [3.8, 4) is 0 Å². The average molecular weight is 214 g/mol. The molecule has 1 rings (SSSR count). The van der Waals surface area contributed by atoms with Gasteiger partial charge in [0.25, 0.3) is 0 Å². The molecule has 0 aromatic heterocycles. The molecule has 1 aliphatic heterocycles. The monoisotopic (exact) mass is 214 g/mol. The fourth-order valence-electron chi connectivity index (χ4n) is 1.91. The quantitative estimate of drug-likeness (QED) is 0.589. The zero-order valence-electron chi connectivity index (χ0n) is 10.1. The molecule has 0 saturated carbocycles. The Morgan fingerprint density at radius 3 is 2.67 bits per heavy atom. The Morgan fingerprint density at radius 1 is 1.13 bits per heavy atom. The van der Waals surface area contributed by atoms with E-state index in [1.54, 1.807) is 0 Å². The van der Waals surface area contributed by atoms with Gasteiger partial charge in [0, 0.05) is 26.3 Å². The molecular formula is C12H26N2O. The molecule has 0 atom stereocenters. The summed E-state index contributed by atoms with van der Waals surface area (Å²) in [5.74, 6) is 0. The predicted octanol–water partition coefficient (Wildman–Crippen LogP) is 1.49. The molecule has 1 heterocycles. The average Bonchev–Trinajstić information content (AvgIpc) is 2.75. The summed E-state index contributed by atoms with van der Waals surface area (Å²) in [4.78, 5) is 2.54. The first-order chi connectivity index (χ1) is 7.43. The van der Waals surface area contributed by atoms with E-state index in [0.717, 1.165) is 39.1 Å². The van der Waals surface area contributed by atoms with Crippen molar-refractivity contribution >= 4 is 0 Å². The lowest BCUT2D eigenvalue weighted by molar-refractivity contribution is 0.132. The van der Waals surface area contributed by atoms with Gasteiger partial charge in [-0.05, 0) is 45.3 Å². The normalized spacial score (nSPS) is 17.4. The summed E-state index contributed by atoms with van der Waals surface area (Å²) >= 11 is 0. The van der Waals surface area contributed by atoms with Crippen LogP contribution in [0.25, 0.3) is 0 Å². The van der Waals surface area contributed by atoms with Crippen LogP contribution in [0, 0.1) is 0 Å². The maximum atomic E-state index is 5.41. The summed E-state index contributed by atoms with van der Waals surface area (Å²) in [5, 5.41) is 3.47. The van der Waals surface area contributed by atoms with Gasteiger partial charge in [0.05, 0.1) is 0 Å². The van der Waals surface area contributed by atoms with Crippen LogP contribution in [-0.2, 0) is 4.74 Å². The van der Waals surface area contributed by atoms with Gasteiger partial charge in [-0.3, -0.25) is 0 Å². The van der Waals surface area contributed by atoms with E-state index < -0.39 is 0 Å². The third kappa shape index (κ3) is 6.88. The topological polar surface area (TPSA) is 24.5 Å². The van der Waals surface area contributed by atoms with Crippen molar-refractivity contribution in [1.29, 1.82) is 0 Å². The Labute approximate surface area is 94.2 Å². The first-order valence-corrected chi connectivity index (χ1v) is 6.44. The molecule has 3 heteroatoms. The van der Waals surface area contributed by atoms with E-state index in [2.05, 4.69) is 17.1 Å². The number of hydrogen-bond donors (Lipinski definition) is 1. The predicted molar refractivity (Wildman–Crippen MR) is 64.3 cm³/mol. The summed E-state index contributed by atoms with van der Waals surface area (Å²) < 4.78 is 5.41. The van der Waals surface area contributed by atoms with Crippen LogP contribution in [0.4, 0.5) is 0 Å². The molecule has 0 bridgehead atoms. The lowest BCUT2D eigenvalue weighted by Gasteiger charge is -2.14. The van der Waals surface area contributed by atoms with Crippen LogP contribution in [0.2, 0.25) is 0 Å². The zero-order valence-corrected chi connectivity index (χ0v) is 10.1. The van der Waals surface area contributed by atoms with Crippen molar-refractivity contribution in [3.05, 3.63) is 0 Å². The first kappa shape index (κ1) is 12.9. The van der Waals surface area contributed by atoms with Crippen LogP contribution in [-0.4, -0.2) is 50.8 Å². The number of nitrogens with zero attached hydrogens (tertiary/aromatic N) is 1. The van der Waals surface area contributed by atoms with Gasteiger partial charge in [-0.25, -0.2) is 0 Å². The molecule has 0 aromatic carbocycles. The number of ether oxygens (including phenoxy) is 1. The molecule has 1 fully saturated rings. The van der Waals surface area contributed by atoms with Gasteiger partial charge < -0.3 is 15.0 Å². The molecule has 90 valence electrons. The molecule has 0 amide bonds. The number of likely N-dealkylation sites (tertiary alicyclic amines) is 1. The molecule has 0 unspecified atom stereocenters. The second-order valence-electron chi connectivity index (χ2n) is 4.26. The van der Waals surface area contributed by atoms with Crippen molar-refractivity contribution in [2.75, 3.05) is 45.9 Å². The van der Waals surface area contributed by atoms with Gasteiger partial charge in [-0.1, -0.05) is 6.92 Å². The Morgan fingerprint density at radius 2 is 1.93 bits per heavy atom. The van der Waals surface area contributed by atoms with Crippen LogP contribution >= 0.6 is 0 Å². The van der Waals surface area contributed by atoms with Crippen molar-refractivity contribution in [3.63, 3.8) is 0 Å². The van der Waals surface area contributed by atoms with Gasteiger partial charge in [0.15, 0.2) is 0 Å². The Hall–Kier alpha value is -0.120. The maximum absolute atomic E-state index is 5.41. The molecular weight excluding hydrogens is 188 g/mol. The Kier molecular flexibility index (Phi) is 7.88. The number of hydrogen-bond acceptors (Lipinski definition) is 3. The molecule has 0 spiro atoms. The maximum Gasteiger partial charge on any atom is 0.0478 e. The van der Waals surface area contributed by atoms with E-state index in [9.17, 15) is 0 Å². The van der Waals surface area contributed by atoms with Crippen LogP contribution in [0.5, 0.6) is 0 Å². The SMILES string of the molecule is CCCOCCCNCCN1CCCC1. The van der Waals surface area contributed by atoms with Crippen LogP contribution in [0.1, 0.15) is 32.6 Å². The Balaban J connectivity index is 1.73. The molecule has 0 aromatic rings. The molecule has 1 aliphatic rings. The second-order valence-corrected chi connectivity index (χ2v) is 4.26. The van der Waals surface area contributed by atoms with E-state index in [4.69, 9.17) is 4.74 Å². The van der Waals surface area contributed by atoms with Gasteiger partial charge >= 0.3 is 0 Å². The lowest BCUT2D eigenvalue weighted by Crippen LogP contribution is -2.30. The molecule has 3 nitrogen and oxygen atoms in total. The van der Waals surface area contributed by atoms with Crippen molar-refractivity contribution in [2.45, 2.75) is 32.6 Å².